The van der Waals surface area contributed by atoms with E-state index in [1.165, 1.54) is 4.31 Å². The normalized spacial score (nSPS) is 21.6. The molecule has 0 aliphatic carbocycles. The van der Waals surface area contributed by atoms with Gasteiger partial charge in [-0.3, -0.25) is 10.2 Å². The average Bonchev–Trinajstić information content (AvgIpc) is 2.82. The molecule has 0 spiro atoms. The van der Waals surface area contributed by atoms with E-state index in [2.05, 4.69) is 10.0 Å². The Morgan fingerprint density at radius 3 is 2.59 bits per heavy atom. The molecule has 1 aromatic carbocycles. The molecular formula is C22H34N6O5S. The first-order chi connectivity index (χ1) is 16.2. The van der Waals surface area contributed by atoms with Gasteiger partial charge in [0, 0.05) is 32.2 Å². The van der Waals surface area contributed by atoms with E-state index in [9.17, 15) is 18.3 Å². The molecule has 2 fully saturated rings. The minimum absolute atomic E-state index is 0.0261. The summed E-state index contributed by atoms with van der Waals surface area (Å²) in [4.78, 5) is 14.0. The second kappa shape index (κ2) is 10.1. The van der Waals surface area contributed by atoms with Gasteiger partial charge in [0.1, 0.15) is 17.8 Å². The fourth-order valence-corrected chi connectivity index (χ4v) is 6.32. The van der Waals surface area contributed by atoms with Crippen molar-refractivity contribution in [3.63, 3.8) is 0 Å². The third-order valence-corrected chi connectivity index (χ3v) is 8.85. The molecule has 3 heterocycles. The zero-order valence-electron chi connectivity index (χ0n) is 19.3. The summed E-state index contributed by atoms with van der Waals surface area (Å²) in [5.41, 5.74) is 6.64. The van der Waals surface area contributed by atoms with E-state index in [1.807, 2.05) is 18.2 Å². The predicted octanol–water partition coefficient (Wildman–Crippen LogP) is 0.0702. The molecule has 11 nitrogen and oxygen atoms in total. The number of carbonyl (C=O) groups is 1. The molecule has 0 aromatic heterocycles. The van der Waals surface area contributed by atoms with Gasteiger partial charge in [-0.25, -0.2) is 0 Å². The van der Waals surface area contributed by atoms with Crippen LogP contribution in [0.1, 0.15) is 36.8 Å². The van der Waals surface area contributed by atoms with Gasteiger partial charge in [0.2, 0.25) is 0 Å². The largest absolute Gasteiger partial charge is 0.492 e. The van der Waals surface area contributed by atoms with Gasteiger partial charge in [0.05, 0.1) is 0 Å². The Morgan fingerprint density at radius 2 is 1.94 bits per heavy atom. The lowest BCUT2D eigenvalue weighted by Crippen LogP contribution is -2.54. The molecule has 2 saturated heterocycles. The molecule has 0 unspecified atom stereocenters. The van der Waals surface area contributed by atoms with Crippen LogP contribution < -0.4 is 20.5 Å². The number of nitrogens with one attached hydrogen (secondary N) is 3. The van der Waals surface area contributed by atoms with E-state index >= 15 is 0 Å². The van der Waals surface area contributed by atoms with Crippen molar-refractivity contribution in [1.29, 1.82) is 5.41 Å². The quantitative estimate of drug-likeness (QED) is 0.263. The Morgan fingerprint density at radius 1 is 1.24 bits per heavy atom. The number of fused-ring (bicyclic) bond motifs is 1. The van der Waals surface area contributed by atoms with Crippen molar-refractivity contribution in [3.05, 3.63) is 29.3 Å². The second-order valence-corrected chi connectivity index (χ2v) is 11.1. The van der Waals surface area contributed by atoms with Crippen molar-refractivity contribution in [2.75, 3.05) is 39.3 Å². The fourth-order valence-electron chi connectivity index (χ4n) is 4.85. The number of carboxylic acid groups (broad SMARTS) is 1. The molecule has 1 aromatic rings. The molecule has 3 aliphatic rings. The fraction of sp³-hybridized carbons (Fsp3) is 0.636. The van der Waals surface area contributed by atoms with Gasteiger partial charge >= 0.3 is 5.97 Å². The van der Waals surface area contributed by atoms with Crippen LogP contribution in [0.4, 0.5) is 0 Å². The summed E-state index contributed by atoms with van der Waals surface area (Å²) >= 11 is 0. The molecule has 0 radical (unpaired) electrons. The number of nitrogens with zero attached hydrogens (tertiary/aromatic N) is 2. The molecule has 0 amide bonds. The molecule has 0 atom stereocenters. The minimum Gasteiger partial charge on any atom is -0.492 e. The summed E-state index contributed by atoms with van der Waals surface area (Å²) in [5.74, 6) is -0.387. The first kappa shape index (κ1) is 24.7. The van der Waals surface area contributed by atoms with Crippen LogP contribution in [0, 0.1) is 10.8 Å². The maximum absolute atomic E-state index is 12.8. The zero-order chi connectivity index (χ0) is 24.3. The van der Waals surface area contributed by atoms with E-state index in [-0.39, 0.29) is 44.5 Å². The lowest BCUT2D eigenvalue weighted by molar-refractivity contribution is -0.153. The lowest BCUT2D eigenvalue weighted by atomic mass is 9.80. The maximum Gasteiger partial charge on any atom is 0.313 e. The van der Waals surface area contributed by atoms with Crippen LogP contribution in [0.3, 0.4) is 0 Å². The summed E-state index contributed by atoms with van der Waals surface area (Å²) in [6.07, 6.45) is 2.62. The van der Waals surface area contributed by atoms with Crippen LogP contribution in [0.25, 0.3) is 0 Å². The van der Waals surface area contributed by atoms with E-state index in [0.717, 1.165) is 43.5 Å². The minimum atomic E-state index is -3.66. The van der Waals surface area contributed by atoms with Gasteiger partial charge in [0.25, 0.3) is 10.2 Å². The van der Waals surface area contributed by atoms with Gasteiger partial charge in [-0.1, -0.05) is 6.07 Å². The molecule has 6 N–H and O–H groups in total. The van der Waals surface area contributed by atoms with Crippen molar-refractivity contribution in [1.82, 2.24) is 19.2 Å². The maximum atomic E-state index is 12.8. The number of hydrogen-bond acceptors (Lipinski definition) is 6. The van der Waals surface area contributed by atoms with Crippen molar-refractivity contribution in [3.8, 4) is 5.75 Å². The monoisotopic (exact) mass is 494 g/mol. The summed E-state index contributed by atoms with van der Waals surface area (Å²) in [5, 5.41) is 20.9. The Kier molecular flexibility index (Phi) is 7.31. The highest BCUT2D eigenvalue weighted by Crippen LogP contribution is 2.34. The number of ether oxygens (including phenoxy) is 1. The van der Waals surface area contributed by atoms with E-state index < -0.39 is 21.6 Å². The number of rotatable bonds is 7. The molecule has 34 heavy (non-hydrogen) atoms. The SMILES string of the molecule is N=C(N)N1CCc2ccc(OCC3(C(=O)O)CCN(S(=O)(=O)NC4CCNCC4)CC3)cc2C1. The highest BCUT2D eigenvalue weighted by atomic mass is 32.2. The van der Waals surface area contributed by atoms with Crippen LogP contribution in [0.5, 0.6) is 5.75 Å². The third kappa shape index (κ3) is 5.45. The molecular weight excluding hydrogens is 460 g/mol. The molecule has 12 heteroatoms. The smallest absolute Gasteiger partial charge is 0.313 e. The van der Waals surface area contributed by atoms with Gasteiger partial charge in [-0.15, -0.1) is 0 Å². The highest BCUT2D eigenvalue weighted by molar-refractivity contribution is 7.87. The predicted molar refractivity (Wildman–Crippen MR) is 127 cm³/mol. The van der Waals surface area contributed by atoms with Gasteiger partial charge < -0.3 is 25.8 Å². The number of guanidine groups is 1. The van der Waals surface area contributed by atoms with Crippen molar-refractivity contribution in [2.45, 2.75) is 44.7 Å². The molecule has 0 saturated carbocycles. The Labute approximate surface area is 200 Å². The van der Waals surface area contributed by atoms with Crippen LogP contribution in [0.2, 0.25) is 0 Å². The summed E-state index contributed by atoms with van der Waals surface area (Å²) in [6.45, 7) is 3.00. The van der Waals surface area contributed by atoms with E-state index in [0.29, 0.717) is 18.8 Å². The van der Waals surface area contributed by atoms with E-state index in [4.69, 9.17) is 15.9 Å². The number of benzene rings is 1. The zero-order valence-corrected chi connectivity index (χ0v) is 20.1. The molecule has 3 aliphatic heterocycles. The standard InChI is InChI=1S/C22H34N6O5S/c23-21(24)27-10-5-16-1-2-19(13-17(16)14-27)33-15-22(20(29)30)6-11-28(12-7-22)34(31,32)26-18-3-8-25-9-4-18/h1-2,13,18,25-26H,3-12,14-15H2,(H3,23,24)(H,29,30). The van der Waals surface area contributed by atoms with Crippen LogP contribution in [0.15, 0.2) is 18.2 Å². The number of carboxylic acids is 1. The Balaban J connectivity index is 1.37. The second-order valence-electron chi connectivity index (χ2n) is 9.41. The molecule has 0 bridgehead atoms. The highest BCUT2D eigenvalue weighted by Gasteiger charge is 2.45. The lowest BCUT2D eigenvalue weighted by Gasteiger charge is -2.38. The Bertz CT molecular complexity index is 1020. The van der Waals surface area contributed by atoms with Crippen LogP contribution in [-0.2, 0) is 28.0 Å². The first-order valence-corrected chi connectivity index (χ1v) is 13.2. The number of aliphatic carboxylic acids is 1. The van der Waals surface area contributed by atoms with Crippen LogP contribution >= 0.6 is 0 Å². The van der Waals surface area contributed by atoms with Gasteiger partial charge in [0.15, 0.2) is 5.96 Å². The topological polar surface area (TPSA) is 161 Å². The van der Waals surface area contributed by atoms with Crippen LogP contribution in [-0.4, -0.2) is 80.0 Å². The molecule has 188 valence electrons. The van der Waals surface area contributed by atoms with Crippen molar-refractivity contribution >= 4 is 22.1 Å². The Hall–Kier alpha value is -2.41. The summed E-state index contributed by atoms with van der Waals surface area (Å²) in [7, 11) is -3.66. The summed E-state index contributed by atoms with van der Waals surface area (Å²) < 4.78 is 35.7. The number of hydrogen-bond donors (Lipinski definition) is 5. The molecule has 4 rings (SSSR count). The number of piperidine rings is 2. The van der Waals surface area contributed by atoms with E-state index in [1.54, 1.807) is 4.90 Å². The average molecular weight is 495 g/mol. The number of nitrogens with two attached hydrogens (primary N) is 1. The van der Waals surface area contributed by atoms with Crippen molar-refractivity contribution < 1.29 is 23.1 Å². The first-order valence-electron chi connectivity index (χ1n) is 11.7. The van der Waals surface area contributed by atoms with Gasteiger partial charge in [-0.05, 0) is 68.5 Å². The third-order valence-electron chi connectivity index (χ3n) is 7.17. The van der Waals surface area contributed by atoms with Gasteiger partial charge in [-0.2, -0.15) is 17.4 Å². The summed E-state index contributed by atoms with van der Waals surface area (Å²) in [6, 6.07) is 5.59. The van der Waals surface area contributed by atoms with Crippen molar-refractivity contribution in [2.24, 2.45) is 11.1 Å².